The molecule has 2 N–H and O–H groups in total. The molecule has 2 atom stereocenters. The predicted molar refractivity (Wildman–Crippen MR) is 136 cm³/mol. The van der Waals surface area contributed by atoms with Gasteiger partial charge in [-0.25, -0.2) is 28.4 Å². The Bertz CT molecular complexity index is 1240. The van der Waals surface area contributed by atoms with Crippen molar-refractivity contribution in [1.82, 2.24) is 25.2 Å². The summed E-state index contributed by atoms with van der Waals surface area (Å²) >= 11 is 0. The summed E-state index contributed by atoms with van der Waals surface area (Å²) in [4.78, 5) is 44.5. The number of likely N-dealkylation sites (tertiary alicyclic amines) is 1. The van der Waals surface area contributed by atoms with E-state index in [0.717, 1.165) is 60.9 Å². The van der Waals surface area contributed by atoms with Crippen molar-refractivity contribution >= 4 is 18.4 Å². The van der Waals surface area contributed by atoms with Crippen LogP contribution in [-0.4, -0.2) is 82.8 Å². The van der Waals surface area contributed by atoms with Gasteiger partial charge in [-0.3, -0.25) is 9.78 Å². The highest BCUT2D eigenvalue weighted by Crippen LogP contribution is 2.36. The molecule has 12 heteroatoms. The number of benzene rings is 1. The van der Waals surface area contributed by atoms with Gasteiger partial charge in [0, 0.05) is 30.1 Å². The lowest BCUT2D eigenvalue weighted by atomic mass is 9.93. The number of aromatic nitrogens is 1. The van der Waals surface area contributed by atoms with Gasteiger partial charge in [-0.15, -0.1) is 0 Å². The standard InChI is InChI=1S/C27H31F2N5O5/c1-17-24(26(37)39-2)25(19-6-7-21(28)22(29)13-19)34(27(38)31-17)33(16-35)15-20(36)14-32-11-8-18(9-12-32)23-5-3-4-10-30-23/h3-7,10,13,16,18,20,25,36H,8-9,11-12,14-15H2,1-2H3,(H,31,38). The zero-order chi connectivity index (χ0) is 28.1. The molecule has 3 heterocycles. The molecule has 39 heavy (non-hydrogen) atoms. The van der Waals surface area contributed by atoms with Crippen LogP contribution in [0.3, 0.4) is 0 Å². The van der Waals surface area contributed by atoms with Crippen molar-refractivity contribution in [3.63, 3.8) is 0 Å². The van der Waals surface area contributed by atoms with E-state index in [1.165, 1.54) is 13.0 Å². The van der Waals surface area contributed by atoms with Gasteiger partial charge in [0.25, 0.3) is 0 Å². The molecule has 2 aliphatic rings. The Hall–Kier alpha value is -3.90. The zero-order valence-electron chi connectivity index (χ0n) is 21.7. The fourth-order valence-electron chi connectivity index (χ4n) is 5.14. The summed E-state index contributed by atoms with van der Waals surface area (Å²) in [5, 5.41) is 15.2. The van der Waals surface area contributed by atoms with Crippen LogP contribution in [-0.2, 0) is 14.3 Å². The van der Waals surface area contributed by atoms with Crippen LogP contribution >= 0.6 is 0 Å². The van der Waals surface area contributed by atoms with E-state index in [2.05, 4.69) is 15.2 Å². The van der Waals surface area contributed by atoms with E-state index in [1.54, 1.807) is 6.20 Å². The normalized spacial score (nSPS) is 19.5. The largest absolute Gasteiger partial charge is 0.466 e. The third-order valence-corrected chi connectivity index (χ3v) is 7.05. The highest BCUT2D eigenvalue weighted by molar-refractivity contribution is 5.95. The first-order chi connectivity index (χ1) is 18.7. The summed E-state index contributed by atoms with van der Waals surface area (Å²) in [6.07, 6.45) is 2.79. The molecule has 4 rings (SSSR count). The number of piperidine rings is 1. The van der Waals surface area contributed by atoms with Crippen molar-refractivity contribution in [1.29, 1.82) is 0 Å². The number of rotatable bonds is 9. The smallest absolute Gasteiger partial charge is 0.341 e. The number of hydrazine groups is 1. The number of carbonyl (C=O) groups excluding carboxylic acids is 3. The number of nitrogens with one attached hydrogen (secondary N) is 1. The van der Waals surface area contributed by atoms with Crippen LogP contribution < -0.4 is 5.32 Å². The van der Waals surface area contributed by atoms with E-state index in [-0.39, 0.29) is 29.9 Å². The molecule has 208 valence electrons. The van der Waals surface area contributed by atoms with E-state index in [9.17, 15) is 28.3 Å². The lowest BCUT2D eigenvalue weighted by Gasteiger charge is -2.43. The molecule has 10 nitrogen and oxygen atoms in total. The lowest BCUT2D eigenvalue weighted by molar-refractivity contribution is -0.142. The second-order valence-electron chi connectivity index (χ2n) is 9.59. The number of methoxy groups -OCH3 is 1. The number of β-amino-alcohol motifs (C(OH)–C–C–N with tert-alkyl or cyclic N) is 1. The number of allylic oxidation sites excluding steroid dienone is 1. The quantitative estimate of drug-likeness (QED) is 0.369. The fourth-order valence-corrected chi connectivity index (χ4v) is 5.14. The Balaban J connectivity index is 1.51. The minimum atomic E-state index is -1.31. The second-order valence-corrected chi connectivity index (χ2v) is 9.59. The van der Waals surface area contributed by atoms with Crippen LogP contribution in [0.15, 0.2) is 53.9 Å². The monoisotopic (exact) mass is 543 g/mol. The summed E-state index contributed by atoms with van der Waals surface area (Å²) < 4.78 is 32.8. The minimum Gasteiger partial charge on any atom is -0.466 e. The summed E-state index contributed by atoms with van der Waals surface area (Å²) in [6.45, 7) is 2.85. The SMILES string of the molecule is COC(=O)C1=C(C)NC(=O)N(N(C=O)CC(O)CN2CCC(c3ccccn3)CC2)C1c1ccc(F)c(F)c1. The molecule has 0 aliphatic carbocycles. The summed E-state index contributed by atoms with van der Waals surface area (Å²) in [7, 11) is 1.14. The topological polar surface area (TPSA) is 115 Å². The molecule has 3 amide bonds. The Morgan fingerprint density at radius 1 is 1.26 bits per heavy atom. The van der Waals surface area contributed by atoms with Crippen LogP contribution in [0.5, 0.6) is 0 Å². The van der Waals surface area contributed by atoms with E-state index >= 15 is 0 Å². The Kier molecular flexibility index (Phi) is 8.87. The summed E-state index contributed by atoms with van der Waals surface area (Å²) in [5.41, 5.74) is 1.15. The van der Waals surface area contributed by atoms with Crippen molar-refractivity contribution < 1.29 is 33.0 Å². The molecule has 0 saturated carbocycles. The molecular weight excluding hydrogens is 512 g/mol. The van der Waals surface area contributed by atoms with Gasteiger partial charge < -0.3 is 20.1 Å². The van der Waals surface area contributed by atoms with Gasteiger partial charge >= 0.3 is 12.0 Å². The van der Waals surface area contributed by atoms with Gasteiger partial charge in [0.1, 0.15) is 6.04 Å². The maximum atomic E-state index is 14.2. The number of aliphatic hydroxyl groups is 1. The van der Waals surface area contributed by atoms with Crippen molar-refractivity contribution in [3.8, 4) is 0 Å². The Labute approximate surface area is 224 Å². The average molecular weight is 544 g/mol. The Morgan fingerprint density at radius 2 is 2.00 bits per heavy atom. The summed E-state index contributed by atoms with van der Waals surface area (Å²) in [6, 6.07) is 6.68. The van der Waals surface area contributed by atoms with Gasteiger partial charge in [-0.2, -0.15) is 0 Å². The number of esters is 1. The molecule has 2 aliphatic heterocycles. The fraction of sp³-hybridized carbons (Fsp3) is 0.407. The average Bonchev–Trinajstić information content (AvgIpc) is 2.93. The van der Waals surface area contributed by atoms with Gasteiger partial charge in [0.05, 0.1) is 25.3 Å². The zero-order valence-corrected chi connectivity index (χ0v) is 21.7. The molecule has 2 aromatic rings. The molecule has 1 saturated heterocycles. The van der Waals surface area contributed by atoms with Crippen LogP contribution in [0.4, 0.5) is 13.6 Å². The number of hydrogen-bond donors (Lipinski definition) is 2. The maximum Gasteiger partial charge on any atom is 0.341 e. The van der Waals surface area contributed by atoms with Gasteiger partial charge in [-0.05, 0) is 62.7 Å². The highest BCUT2D eigenvalue weighted by Gasteiger charge is 2.42. The first-order valence-corrected chi connectivity index (χ1v) is 12.6. The molecule has 0 radical (unpaired) electrons. The van der Waals surface area contributed by atoms with Gasteiger partial charge in [0.2, 0.25) is 6.41 Å². The third-order valence-electron chi connectivity index (χ3n) is 7.05. The van der Waals surface area contributed by atoms with Crippen LogP contribution in [0.25, 0.3) is 0 Å². The molecule has 0 spiro atoms. The van der Waals surface area contributed by atoms with Gasteiger partial charge in [0.15, 0.2) is 11.6 Å². The van der Waals surface area contributed by atoms with Crippen LogP contribution in [0.2, 0.25) is 0 Å². The molecule has 0 bridgehead atoms. The second kappa shape index (κ2) is 12.3. The number of ether oxygens (including phenoxy) is 1. The number of pyridine rings is 1. The van der Waals surface area contributed by atoms with Crippen molar-refractivity contribution in [2.45, 2.75) is 37.8 Å². The third kappa shape index (κ3) is 6.23. The first kappa shape index (κ1) is 28.1. The van der Waals surface area contributed by atoms with E-state index < -0.39 is 35.8 Å². The number of hydrogen-bond acceptors (Lipinski definition) is 7. The van der Waals surface area contributed by atoms with Crippen LogP contribution in [0, 0.1) is 11.6 Å². The molecular formula is C27H31F2N5O5. The predicted octanol–water partition coefficient (Wildman–Crippen LogP) is 2.49. The lowest BCUT2D eigenvalue weighted by Crippen LogP contribution is -2.58. The van der Waals surface area contributed by atoms with Crippen LogP contribution in [0.1, 0.15) is 43.0 Å². The number of amides is 3. The maximum absolute atomic E-state index is 14.2. The minimum absolute atomic E-state index is 0.0430. The number of carbonyl (C=O) groups is 3. The van der Waals surface area contributed by atoms with Crippen molar-refractivity contribution in [3.05, 3.63) is 76.8 Å². The van der Waals surface area contributed by atoms with Crippen molar-refractivity contribution in [2.75, 3.05) is 33.3 Å². The summed E-state index contributed by atoms with van der Waals surface area (Å²) in [5.74, 6) is -2.80. The molecule has 1 aromatic heterocycles. The highest BCUT2D eigenvalue weighted by atomic mass is 19.2. The molecule has 2 unspecified atom stereocenters. The first-order valence-electron chi connectivity index (χ1n) is 12.6. The van der Waals surface area contributed by atoms with E-state index in [1.807, 2.05) is 18.2 Å². The van der Waals surface area contributed by atoms with Crippen molar-refractivity contribution in [2.24, 2.45) is 0 Å². The molecule has 1 aromatic carbocycles. The number of aliphatic hydroxyl groups excluding tert-OH is 1. The van der Waals surface area contributed by atoms with E-state index in [0.29, 0.717) is 12.3 Å². The number of halogens is 2. The van der Waals surface area contributed by atoms with E-state index in [4.69, 9.17) is 4.74 Å². The molecule has 1 fully saturated rings. The number of nitrogens with zero attached hydrogens (tertiary/aromatic N) is 4. The number of urea groups is 1. The van der Waals surface area contributed by atoms with Gasteiger partial charge in [-0.1, -0.05) is 12.1 Å². The Morgan fingerprint density at radius 3 is 2.62 bits per heavy atom.